The highest BCUT2D eigenvalue weighted by Crippen LogP contribution is 2.33. The second-order valence-corrected chi connectivity index (χ2v) is 5.42. The van der Waals surface area contributed by atoms with Gasteiger partial charge in [0.15, 0.2) is 0 Å². The number of hydrogen-bond donors (Lipinski definition) is 1. The third kappa shape index (κ3) is 3.02. The smallest absolute Gasteiger partial charge is 0.103 e. The molecule has 1 aromatic carbocycles. The lowest BCUT2D eigenvalue weighted by molar-refractivity contribution is -0.00685. The van der Waals surface area contributed by atoms with Gasteiger partial charge in [0, 0.05) is 4.43 Å². The van der Waals surface area contributed by atoms with Gasteiger partial charge in [-0.15, -0.1) is 0 Å². The number of aliphatic hydroxyl groups excluding tert-OH is 1. The minimum atomic E-state index is -0.769. The molecule has 4 heteroatoms. The van der Waals surface area contributed by atoms with E-state index in [1.54, 1.807) is 0 Å². The first-order chi connectivity index (χ1) is 8.76. The number of alkyl halides is 1. The standard InChI is InChI=1S/C14H16INO2/c15-8-11-6-7-13(18-11)12(9-16)14(17)10-4-2-1-3-5-10/h1-5,11-14,17H,6-8H2/t11-,12-,13+,14-/m1/s1. The van der Waals surface area contributed by atoms with Crippen molar-refractivity contribution in [3.05, 3.63) is 35.9 Å². The molecule has 1 heterocycles. The van der Waals surface area contributed by atoms with Crippen molar-refractivity contribution < 1.29 is 9.84 Å². The predicted octanol–water partition coefficient (Wildman–Crippen LogP) is 2.84. The zero-order valence-corrected chi connectivity index (χ0v) is 12.2. The van der Waals surface area contributed by atoms with Crippen molar-refractivity contribution in [2.75, 3.05) is 4.43 Å². The van der Waals surface area contributed by atoms with Crippen molar-refractivity contribution in [1.82, 2.24) is 0 Å². The molecule has 0 unspecified atom stereocenters. The summed E-state index contributed by atoms with van der Waals surface area (Å²) in [6.07, 6.45) is 1.15. The van der Waals surface area contributed by atoms with Gasteiger partial charge in [-0.3, -0.25) is 0 Å². The summed E-state index contributed by atoms with van der Waals surface area (Å²) in [5.41, 5.74) is 0.783. The maximum Gasteiger partial charge on any atom is 0.103 e. The molecule has 18 heavy (non-hydrogen) atoms. The number of hydrogen-bond acceptors (Lipinski definition) is 3. The van der Waals surface area contributed by atoms with E-state index >= 15 is 0 Å². The predicted molar refractivity (Wildman–Crippen MR) is 77.3 cm³/mol. The van der Waals surface area contributed by atoms with E-state index in [2.05, 4.69) is 28.7 Å². The molecule has 1 aliphatic heterocycles. The van der Waals surface area contributed by atoms with E-state index in [1.165, 1.54) is 0 Å². The summed E-state index contributed by atoms with van der Waals surface area (Å²) in [6, 6.07) is 11.5. The number of nitriles is 1. The van der Waals surface area contributed by atoms with Gasteiger partial charge in [0.1, 0.15) is 5.92 Å². The highest BCUT2D eigenvalue weighted by atomic mass is 127. The zero-order chi connectivity index (χ0) is 13.0. The average Bonchev–Trinajstić information content (AvgIpc) is 2.89. The SMILES string of the molecule is N#C[C@H]([C@@H]1CC[C@H](CI)O1)[C@H](O)c1ccccc1. The molecule has 0 saturated carbocycles. The van der Waals surface area contributed by atoms with Crippen LogP contribution in [0.1, 0.15) is 24.5 Å². The second kappa shape index (κ2) is 6.50. The molecule has 96 valence electrons. The maximum absolute atomic E-state index is 10.3. The Morgan fingerprint density at radius 3 is 2.67 bits per heavy atom. The van der Waals surface area contributed by atoms with Crippen LogP contribution in [0.15, 0.2) is 30.3 Å². The number of benzene rings is 1. The number of rotatable bonds is 4. The molecule has 0 aliphatic carbocycles. The minimum Gasteiger partial charge on any atom is -0.387 e. The lowest BCUT2D eigenvalue weighted by Crippen LogP contribution is -2.26. The Labute approximate surface area is 121 Å². The van der Waals surface area contributed by atoms with Gasteiger partial charge >= 0.3 is 0 Å². The van der Waals surface area contributed by atoms with Gasteiger partial charge < -0.3 is 9.84 Å². The fraction of sp³-hybridized carbons (Fsp3) is 0.500. The molecule has 0 aromatic heterocycles. The van der Waals surface area contributed by atoms with Crippen LogP contribution in [0.5, 0.6) is 0 Å². The van der Waals surface area contributed by atoms with Crippen molar-refractivity contribution in [1.29, 1.82) is 5.26 Å². The monoisotopic (exact) mass is 357 g/mol. The van der Waals surface area contributed by atoms with Crippen molar-refractivity contribution in [2.24, 2.45) is 5.92 Å². The lowest BCUT2D eigenvalue weighted by Gasteiger charge is -2.22. The summed E-state index contributed by atoms with van der Waals surface area (Å²) in [6.45, 7) is 0. The molecule has 1 N–H and O–H groups in total. The Morgan fingerprint density at radius 1 is 1.39 bits per heavy atom. The molecule has 0 spiro atoms. The van der Waals surface area contributed by atoms with Gasteiger partial charge in [0.05, 0.1) is 24.4 Å². The molecule has 0 amide bonds. The average molecular weight is 357 g/mol. The summed E-state index contributed by atoms with van der Waals surface area (Å²) >= 11 is 2.29. The van der Waals surface area contributed by atoms with E-state index in [4.69, 9.17) is 4.74 Å². The second-order valence-electron chi connectivity index (χ2n) is 4.54. The third-order valence-corrected chi connectivity index (χ3v) is 4.33. The van der Waals surface area contributed by atoms with Crippen LogP contribution < -0.4 is 0 Å². The molecule has 1 aromatic rings. The van der Waals surface area contributed by atoms with Gasteiger partial charge in [0.2, 0.25) is 0 Å². The van der Waals surface area contributed by atoms with E-state index in [0.29, 0.717) is 0 Å². The van der Waals surface area contributed by atoms with Gasteiger partial charge in [-0.25, -0.2) is 0 Å². The van der Waals surface area contributed by atoms with E-state index in [-0.39, 0.29) is 12.2 Å². The van der Waals surface area contributed by atoms with E-state index in [9.17, 15) is 10.4 Å². The molecule has 1 aliphatic rings. The van der Waals surface area contributed by atoms with Crippen LogP contribution in [-0.4, -0.2) is 21.7 Å². The van der Waals surface area contributed by atoms with Gasteiger partial charge in [-0.05, 0) is 18.4 Å². The van der Waals surface area contributed by atoms with Crippen LogP contribution in [-0.2, 0) is 4.74 Å². The Hall–Kier alpha value is -0.640. The number of nitrogens with zero attached hydrogens (tertiary/aromatic N) is 1. The van der Waals surface area contributed by atoms with Crippen LogP contribution >= 0.6 is 22.6 Å². The Bertz CT molecular complexity index is 418. The van der Waals surface area contributed by atoms with Crippen molar-refractivity contribution in [3.8, 4) is 6.07 Å². The normalized spacial score (nSPS) is 26.5. The van der Waals surface area contributed by atoms with Gasteiger partial charge in [-0.2, -0.15) is 5.26 Å². The van der Waals surface area contributed by atoms with Crippen molar-refractivity contribution in [2.45, 2.75) is 31.2 Å². The van der Waals surface area contributed by atoms with Crippen LogP contribution in [0.2, 0.25) is 0 Å². The van der Waals surface area contributed by atoms with Gasteiger partial charge in [-0.1, -0.05) is 52.9 Å². The summed E-state index contributed by atoms with van der Waals surface area (Å²) in [5, 5.41) is 19.6. The number of halogens is 1. The third-order valence-electron chi connectivity index (χ3n) is 3.34. The number of ether oxygens (including phenoxy) is 1. The summed E-state index contributed by atoms with van der Waals surface area (Å²) in [4.78, 5) is 0. The topological polar surface area (TPSA) is 53.2 Å². The maximum atomic E-state index is 10.3. The van der Waals surface area contributed by atoms with Crippen molar-refractivity contribution in [3.63, 3.8) is 0 Å². The molecule has 0 radical (unpaired) electrons. The Balaban J connectivity index is 2.08. The molecular formula is C14H16INO2. The van der Waals surface area contributed by atoms with Crippen LogP contribution in [0.4, 0.5) is 0 Å². The minimum absolute atomic E-state index is 0.148. The fourth-order valence-electron chi connectivity index (χ4n) is 2.33. The lowest BCUT2D eigenvalue weighted by atomic mass is 9.91. The molecular weight excluding hydrogens is 341 g/mol. The van der Waals surface area contributed by atoms with Crippen LogP contribution in [0, 0.1) is 17.2 Å². The zero-order valence-electron chi connectivity index (χ0n) is 10.00. The number of aliphatic hydroxyl groups is 1. The molecule has 4 atom stereocenters. The molecule has 0 bridgehead atoms. The van der Waals surface area contributed by atoms with Crippen LogP contribution in [0.3, 0.4) is 0 Å². The first-order valence-electron chi connectivity index (χ1n) is 6.10. The van der Waals surface area contributed by atoms with E-state index in [1.807, 2.05) is 30.3 Å². The summed E-state index contributed by atoms with van der Waals surface area (Å²) < 4.78 is 6.75. The van der Waals surface area contributed by atoms with Gasteiger partial charge in [0.25, 0.3) is 0 Å². The highest BCUT2D eigenvalue weighted by molar-refractivity contribution is 14.1. The molecule has 1 fully saturated rings. The van der Waals surface area contributed by atoms with Crippen LogP contribution in [0.25, 0.3) is 0 Å². The molecule has 1 saturated heterocycles. The van der Waals surface area contributed by atoms with E-state index in [0.717, 1.165) is 22.8 Å². The highest BCUT2D eigenvalue weighted by Gasteiger charge is 2.35. The molecule has 3 nitrogen and oxygen atoms in total. The summed E-state index contributed by atoms with van der Waals surface area (Å²) in [7, 11) is 0. The van der Waals surface area contributed by atoms with Crippen molar-refractivity contribution >= 4 is 22.6 Å². The van der Waals surface area contributed by atoms with E-state index < -0.39 is 12.0 Å². The first-order valence-corrected chi connectivity index (χ1v) is 7.63. The quantitative estimate of drug-likeness (QED) is 0.666. The Morgan fingerprint density at radius 2 is 2.11 bits per heavy atom. The Kier molecular flexibility index (Phi) is 4.98. The summed E-state index contributed by atoms with van der Waals surface area (Å²) in [5.74, 6) is -0.486. The first kappa shape index (κ1) is 13.8. The largest absolute Gasteiger partial charge is 0.387 e. The fourth-order valence-corrected chi connectivity index (χ4v) is 2.97. The molecule has 2 rings (SSSR count).